The number of hydrogen-bond donors (Lipinski definition) is 1. The summed E-state index contributed by atoms with van der Waals surface area (Å²) in [5, 5.41) is 8.10. The van der Waals surface area contributed by atoms with Gasteiger partial charge in [-0.2, -0.15) is 18.3 Å². The van der Waals surface area contributed by atoms with E-state index < -0.39 is 34.1 Å². The summed E-state index contributed by atoms with van der Waals surface area (Å²) in [7, 11) is -2.66. The van der Waals surface area contributed by atoms with Crippen molar-refractivity contribution in [1.82, 2.24) is 29.3 Å². The number of carbonyl (C=O) groups excluding carboxylic acids is 1. The molecule has 182 valence electrons. The highest BCUT2D eigenvalue weighted by Gasteiger charge is 2.64. The molecular weight excluding hydrogens is 477 g/mol. The molecule has 1 saturated carbocycles. The Morgan fingerprint density at radius 3 is 2.53 bits per heavy atom. The molecule has 1 amide bonds. The van der Waals surface area contributed by atoms with Crippen molar-refractivity contribution >= 4 is 15.9 Å². The number of alkyl halides is 3. The van der Waals surface area contributed by atoms with E-state index in [4.69, 9.17) is 4.74 Å². The van der Waals surface area contributed by atoms with Crippen LogP contribution in [0.3, 0.4) is 0 Å². The summed E-state index contributed by atoms with van der Waals surface area (Å²) in [6.07, 6.45) is -1.66. The summed E-state index contributed by atoms with van der Waals surface area (Å²) < 4.78 is 74.8. The van der Waals surface area contributed by atoms with E-state index in [9.17, 15) is 26.4 Å². The van der Waals surface area contributed by atoms with Crippen molar-refractivity contribution in [3.05, 3.63) is 47.5 Å². The van der Waals surface area contributed by atoms with Crippen molar-refractivity contribution in [3.63, 3.8) is 0 Å². The van der Waals surface area contributed by atoms with Crippen LogP contribution in [0.4, 0.5) is 13.2 Å². The molecule has 3 aromatic heterocycles. The van der Waals surface area contributed by atoms with Crippen LogP contribution in [0.1, 0.15) is 34.6 Å². The predicted molar refractivity (Wildman–Crippen MR) is 112 cm³/mol. The molecule has 3 aromatic rings. The van der Waals surface area contributed by atoms with Gasteiger partial charge < -0.3 is 4.74 Å². The number of nitrogens with zero attached hydrogens (tertiary/aromatic N) is 5. The fraction of sp³-hybridized carbons (Fsp3) is 0.400. The zero-order valence-electron chi connectivity index (χ0n) is 18.4. The average molecular weight is 498 g/mol. The predicted octanol–water partition coefficient (Wildman–Crippen LogP) is 2.46. The SMILES string of the molecule is Cc1nn(C)c(C)c1S(=O)(=O)NC(=O)c1cccnc1-n1ccc(OCC2(C(F)(F)F)CC2)n1. The molecule has 1 N–H and O–H groups in total. The quantitative estimate of drug-likeness (QED) is 0.531. The summed E-state index contributed by atoms with van der Waals surface area (Å²) in [6.45, 7) is 2.51. The number of amides is 1. The number of sulfonamides is 1. The number of nitrogens with one attached hydrogen (secondary N) is 1. The molecule has 0 saturated heterocycles. The zero-order valence-corrected chi connectivity index (χ0v) is 19.2. The minimum absolute atomic E-state index is 0.00781. The van der Waals surface area contributed by atoms with Crippen LogP contribution in [-0.4, -0.2) is 51.7 Å². The van der Waals surface area contributed by atoms with Gasteiger partial charge >= 0.3 is 6.18 Å². The maximum atomic E-state index is 13.1. The van der Waals surface area contributed by atoms with Crippen molar-refractivity contribution in [2.75, 3.05) is 6.61 Å². The third kappa shape index (κ3) is 4.24. The van der Waals surface area contributed by atoms with Gasteiger partial charge in [0.25, 0.3) is 15.9 Å². The van der Waals surface area contributed by atoms with E-state index in [-0.39, 0.29) is 40.7 Å². The lowest BCUT2D eigenvalue weighted by atomic mass is 10.1. The monoisotopic (exact) mass is 498 g/mol. The number of carbonyl (C=O) groups is 1. The van der Waals surface area contributed by atoms with Crippen LogP contribution >= 0.6 is 0 Å². The number of pyridine rings is 1. The molecule has 4 rings (SSSR count). The highest BCUT2D eigenvalue weighted by Crippen LogP contribution is 2.57. The third-order valence-corrected chi connectivity index (χ3v) is 7.28. The first kappa shape index (κ1) is 23.7. The maximum absolute atomic E-state index is 13.1. The first-order valence-corrected chi connectivity index (χ1v) is 11.6. The van der Waals surface area contributed by atoms with Gasteiger partial charge in [-0.05, 0) is 38.8 Å². The molecule has 1 aliphatic rings. The van der Waals surface area contributed by atoms with Crippen LogP contribution in [0.25, 0.3) is 5.82 Å². The molecule has 14 heteroatoms. The second-order valence-corrected chi connectivity index (χ2v) is 9.72. The van der Waals surface area contributed by atoms with E-state index in [1.54, 1.807) is 14.0 Å². The Labute approximate surface area is 192 Å². The normalized spacial score (nSPS) is 15.2. The number of aromatic nitrogens is 5. The smallest absolute Gasteiger partial charge is 0.397 e. The van der Waals surface area contributed by atoms with Gasteiger partial charge in [0.2, 0.25) is 5.88 Å². The Bertz CT molecular complexity index is 1360. The van der Waals surface area contributed by atoms with Gasteiger partial charge in [-0.25, -0.2) is 22.8 Å². The molecule has 0 bridgehead atoms. The topological polar surface area (TPSA) is 121 Å². The van der Waals surface area contributed by atoms with Gasteiger partial charge in [0.15, 0.2) is 5.82 Å². The van der Waals surface area contributed by atoms with Gasteiger partial charge in [0, 0.05) is 25.5 Å². The molecule has 3 heterocycles. The number of rotatable bonds is 7. The molecule has 0 radical (unpaired) electrons. The molecule has 1 aliphatic carbocycles. The molecule has 0 atom stereocenters. The Balaban J connectivity index is 1.55. The van der Waals surface area contributed by atoms with Crippen molar-refractivity contribution in [2.45, 2.75) is 37.8 Å². The molecular formula is C20H21F3N6O4S. The van der Waals surface area contributed by atoms with Crippen molar-refractivity contribution < 1.29 is 31.1 Å². The second kappa shape index (κ2) is 8.11. The highest BCUT2D eigenvalue weighted by molar-refractivity contribution is 7.90. The van der Waals surface area contributed by atoms with Gasteiger partial charge in [0.05, 0.1) is 17.0 Å². The second-order valence-electron chi connectivity index (χ2n) is 8.10. The molecule has 0 aromatic carbocycles. The van der Waals surface area contributed by atoms with Crippen molar-refractivity contribution in [3.8, 4) is 11.7 Å². The van der Waals surface area contributed by atoms with E-state index >= 15 is 0 Å². The van der Waals surface area contributed by atoms with Gasteiger partial charge in [-0.15, -0.1) is 5.10 Å². The van der Waals surface area contributed by atoms with Crippen molar-refractivity contribution in [1.29, 1.82) is 0 Å². The molecule has 10 nitrogen and oxygen atoms in total. The number of hydrogen-bond acceptors (Lipinski definition) is 7. The lowest BCUT2D eigenvalue weighted by molar-refractivity contribution is -0.194. The minimum Gasteiger partial charge on any atom is -0.476 e. The summed E-state index contributed by atoms with van der Waals surface area (Å²) in [6, 6.07) is 4.12. The number of aryl methyl sites for hydroxylation is 2. The van der Waals surface area contributed by atoms with E-state index in [1.165, 1.54) is 42.2 Å². The van der Waals surface area contributed by atoms with Crippen molar-refractivity contribution in [2.24, 2.45) is 12.5 Å². The number of halogens is 3. The van der Waals surface area contributed by atoms with Crippen LogP contribution in [0.5, 0.6) is 5.88 Å². The molecule has 1 fully saturated rings. The number of ether oxygens (including phenoxy) is 1. The fourth-order valence-corrected chi connectivity index (χ4v) is 4.91. The standard InChI is InChI=1S/C20H21F3N6O4S/c1-12-16(13(2)28(3)25-12)34(31,32)27-18(30)14-5-4-9-24-17(14)29-10-6-15(26-29)33-11-19(7-8-19)20(21,22)23/h4-6,9-10H,7-8,11H2,1-3H3,(H,27,30). The van der Waals surface area contributed by atoms with Crippen LogP contribution in [0.15, 0.2) is 35.5 Å². The third-order valence-electron chi connectivity index (χ3n) is 5.70. The summed E-state index contributed by atoms with van der Waals surface area (Å²) in [4.78, 5) is 16.9. The van der Waals surface area contributed by atoms with Gasteiger partial charge in [-0.1, -0.05) is 0 Å². The molecule has 34 heavy (non-hydrogen) atoms. The first-order valence-electron chi connectivity index (χ1n) is 10.1. The average Bonchev–Trinajstić information content (AvgIpc) is 3.33. The minimum atomic E-state index is -4.36. The lowest BCUT2D eigenvalue weighted by Gasteiger charge is -2.18. The highest BCUT2D eigenvalue weighted by atomic mass is 32.2. The first-order chi connectivity index (χ1) is 15.8. The Hall–Kier alpha value is -3.42. The Kier molecular flexibility index (Phi) is 5.66. The van der Waals surface area contributed by atoms with Gasteiger partial charge in [-0.3, -0.25) is 9.48 Å². The zero-order chi connectivity index (χ0) is 24.9. The molecule has 0 aliphatic heterocycles. The summed E-state index contributed by atoms with van der Waals surface area (Å²) in [5.41, 5.74) is -1.39. The summed E-state index contributed by atoms with van der Waals surface area (Å²) in [5.74, 6) is -1.07. The van der Waals surface area contributed by atoms with E-state index in [0.29, 0.717) is 5.69 Å². The summed E-state index contributed by atoms with van der Waals surface area (Å²) >= 11 is 0. The Morgan fingerprint density at radius 2 is 1.94 bits per heavy atom. The van der Waals surface area contributed by atoms with Crippen LogP contribution in [0.2, 0.25) is 0 Å². The van der Waals surface area contributed by atoms with Crippen LogP contribution in [-0.2, 0) is 17.1 Å². The maximum Gasteiger partial charge on any atom is 0.397 e. The largest absolute Gasteiger partial charge is 0.476 e. The van der Waals surface area contributed by atoms with E-state index in [1.807, 2.05) is 4.72 Å². The lowest BCUT2D eigenvalue weighted by Crippen LogP contribution is -2.32. The molecule has 0 spiro atoms. The van der Waals surface area contributed by atoms with Crippen LogP contribution in [0, 0.1) is 19.3 Å². The Morgan fingerprint density at radius 1 is 1.24 bits per heavy atom. The fourth-order valence-electron chi connectivity index (χ4n) is 3.50. The van der Waals surface area contributed by atoms with Crippen LogP contribution < -0.4 is 9.46 Å². The molecule has 0 unspecified atom stereocenters. The van der Waals surface area contributed by atoms with Gasteiger partial charge in [0.1, 0.15) is 16.9 Å². The van der Waals surface area contributed by atoms with E-state index in [0.717, 1.165) is 4.68 Å². The van der Waals surface area contributed by atoms with E-state index in [2.05, 4.69) is 15.2 Å².